The van der Waals surface area contributed by atoms with E-state index in [1.54, 1.807) is 26.8 Å². The maximum absolute atomic E-state index is 17.4. The topological polar surface area (TPSA) is 273 Å². The van der Waals surface area contributed by atoms with Crippen molar-refractivity contribution in [3.05, 3.63) is 36.0 Å². The zero-order valence-corrected chi connectivity index (χ0v) is 34.0. The van der Waals surface area contributed by atoms with Crippen LogP contribution in [0.15, 0.2) is 36.0 Å². The number of amides is 3. The van der Waals surface area contributed by atoms with Gasteiger partial charge in [0, 0.05) is 48.4 Å². The number of carbonyl (C=O) groups is 4. The van der Waals surface area contributed by atoms with Gasteiger partial charge < -0.3 is 30.2 Å². The summed E-state index contributed by atoms with van der Waals surface area (Å²) < 4.78 is 72.1. The van der Waals surface area contributed by atoms with E-state index < -0.39 is 106 Å². The van der Waals surface area contributed by atoms with E-state index >= 15 is 4.39 Å². The number of fused-ring (bicyclic) bond motifs is 5. The van der Waals surface area contributed by atoms with Crippen LogP contribution >= 0.6 is 23.5 Å². The Bertz CT molecular complexity index is 1820. The number of carbonyl (C=O) groups excluding carboxylic acids is 4. The average molecular weight is 855 g/mol. The predicted molar refractivity (Wildman–Crippen MR) is 193 cm³/mol. The zero-order chi connectivity index (χ0) is 41.5. The molecular formula is C34H50FN2O16P3. The van der Waals surface area contributed by atoms with Crippen LogP contribution < -0.4 is 5.32 Å². The molecule has 3 amide bonds. The number of halogens is 1. The molecule has 0 spiro atoms. The summed E-state index contributed by atoms with van der Waals surface area (Å²) in [6.07, 6.45) is 9.22. The molecule has 0 radical (unpaired) electrons. The molecule has 1 aliphatic heterocycles. The zero-order valence-electron chi connectivity index (χ0n) is 31.3. The first-order valence-corrected chi connectivity index (χ1v) is 22.9. The summed E-state index contributed by atoms with van der Waals surface area (Å²) in [5.74, 6) is -4.58. The second kappa shape index (κ2) is 16.4. The smallest absolute Gasteiger partial charge is 0.390 e. The molecule has 3 unspecified atom stereocenters. The van der Waals surface area contributed by atoms with Gasteiger partial charge in [0.1, 0.15) is 12.2 Å². The molecule has 6 N–H and O–H groups in total. The Morgan fingerprint density at radius 3 is 2.29 bits per heavy atom. The second-order valence-electron chi connectivity index (χ2n) is 15.6. The second-order valence-corrected chi connectivity index (χ2v) is 20.2. The number of allylic oxidation sites excluding steroid dienone is 4. The molecular weight excluding hydrogens is 804 g/mol. The van der Waals surface area contributed by atoms with Crippen molar-refractivity contribution in [3.63, 3.8) is 0 Å². The molecule has 3 fully saturated rings. The molecule has 5 aliphatic rings. The van der Waals surface area contributed by atoms with Gasteiger partial charge in [0.2, 0.25) is 5.91 Å². The van der Waals surface area contributed by atoms with E-state index in [1.807, 2.05) is 12.2 Å². The van der Waals surface area contributed by atoms with Gasteiger partial charge in [-0.15, -0.1) is 0 Å². The molecule has 5 rings (SSSR count). The minimum absolute atomic E-state index is 0.0359. The van der Waals surface area contributed by atoms with Crippen molar-refractivity contribution in [1.82, 2.24) is 10.2 Å². The highest BCUT2D eigenvalue weighted by molar-refractivity contribution is 7.66. The third-order valence-corrected chi connectivity index (χ3v) is 16.6. The number of phosphoric acid groups is 3. The van der Waals surface area contributed by atoms with Crippen molar-refractivity contribution >= 4 is 47.0 Å². The van der Waals surface area contributed by atoms with Gasteiger partial charge >= 0.3 is 23.5 Å². The Labute approximate surface area is 323 Å². The summed E-state index contributed by atoms with van der Waals surface area (Å²) in [7, 11) is -17.1. The van der Waals surface area contributed by atoms with Gasteiger partial charge in [-0.25, -0.2) is 18.1 Å². The molecule has 3 saturated carbocycles. The number of ketones is 1. The Kier molecular flexibility index (Phi) is 13.2. The van der Waals surface area contributed by atoms with Crippen LogP contribution in [0.3, 0.4) is 0 Å². The van der Waals surface area contributed by atoms with Crippen LogP contribution in [0.25, 0.3) is 0 Å². The lowest BCUT2D eigenvalue weighted by Crippen LogP contribution is -2.69. The van der Waals surface area contributed by atoms with Crippen LogP contribution in [-0.2, 0) is 50.5 Å². The number of hydrogen-bond donors (Lipinski definition) is 6. The number of nitrogens with zero attached hydrogens (tertiary/aromatic N) is 1. The number of rotatable bonds is 18. The van der Waals surface area contributed by atoms with E-state index in [0.29, 0.717) is 38.5 Å². The number of imide groups is 1. The highest BCUT2D eigenvalue weighted by Crippen LogP contribution is 2.71. The number of aliphatic hydroxyl groups is 2. The number of unbranched alkanes of at least 4 members (excludes halogenated alkanes) is 2. The first-order chi connectivity index (χ1) is 25.9. The van der Waals surface area contributed by atoms with Crippen molar-refractivity contribution in [2.75, 3.05) is 26.3 Å². The van der Waals surface area contributed by atoms with Crippen LogP contribution in [-0.4, -0.2) is 97.0 Å². The number of aliphatic hydroxyl groups excluding tert-OH is 1. The van der Waals surface area contributed by atoms with Crippen LogP contribution in [0, 0.1) is 28.6 Å². The molecule has 56 heavy (non-hydrogen) atoms. The molecule has 0 bridgehead atoms. The first kappa shape index (κ1) is 44.9. The van der Waals surface area contributed by atoms with Crippen LogP contribution in [0.4, 0.5) is 4.39 Å². The Hall–Kier alpha value is -2.24. The SMILES string of the molecule is C[C@@H]1C[C@H]2[C@@H]3CCC4=CCC=C[C@]4(C)[C@@]3(F)[C@@H](O)C[C@]2(C)[C@@]1(O)C(=O)COP(=O)(O)OP(=O)(O)OP(=O)(O)OCCNC(=O)CCCCCN1C(=O)C=CC1=O. The number of nitrogens with one attached hydrogen (secondary N) is 1. The average Bonchev–Trinajstić information content (AvgIpc) is 3.52. The molecule has 0 saturated heterocycles. The van der Waals surface area contributed by atoms with Gasteiger partial charge in [-0.05, 0) is 63.7 Å². The lowest BCUT2D eigenvalue weighted by molar-refractivity contribution is -0.219. The van der Waals surface area contributed by atoms with E-state index in [1.165, 1.54) is 12.2 Å². The summed E-state index contributed by atoms with van der Waals surface area (Å²) in [6, 6.07) is 0. The highest BCUT2D eigenvalue weighted by Gasteiger charge is 2.75. The van der Waals surface area contributed by atoms with Gasteiger partial charge in [0.25, 0.3) is 11.8 Å². The maximum atomic E-state index is 17.4. The molecule has 18 nitrogen and oxygen atoms in total. The molecule has 1 heterocycles. The lowest BCUT2D eigenvalue weighted by Gasteiger charge is -2.62. The van der Waals surface area contributed by atoms with Crippen molar-refractivity contribution in [1.29, 1.82) is 0 Å². The molecule has 22 heteroatoms. The first-order valence-electron chi connectivity index (χ1n) is 18.4. The molecule has 11 atom stereocenters. The van der Waals surface area contributed by atoms with Crippen LogP contribution in [0.1, 0.15) is 78.6 Å². The molecule has 0 aromatic rings. The van der Waals surface area contributed by atoms with Crippen molar-refractivity contribution < 1.29 is 79.8 Å². The Morgan fingerprint density at radius 1 is 0.982 bits per heavy atom. The van der Waals surface area contributed by atoms with Gasteiger partial charge in [0.15, 0.2) is 11.5 Å². The normalized spacial score (nSPS) is 36.8. The summed E-state index contributed by atoms with van der Waals surface area (Å²) in [4.78, 5) is 79.9. The minimum Gasteiger partial charge on any atom is -0.390 e. The van der Waals surface area contributed by atoms with E-state index in [0.717, 1.165) is 10.5 Å². The van der Waals surface area contributed by atoms with E-state index in [4.69, 9.17) is 0 Å². The standard InChI is InChI=1S/C34H50FN2O16P3/c1-22-19-25-24-12-11-23-9-6-7-15-31(23,2)33(24,35)26(38)20-32(25,3)34(22,43)27(39)21-51-55(46,47)53-56(48,49)52-54(44,45)50-18-16-36-28(40)10-5-4-8-17-37-29(41)13-14-30(37)42/h7,9,13-15,22,24-26,38,43H,4-6,8,10-12,16-21H2,1-3H3,(H,36,40)(H,44,45)(H,46,47)(H,48,49)/t22-,24+,25+,26+,31+,32+,33+,34+/m1/s1. The van der Waals surface area contributed by atoms with Crippen molar-refractivity contribution in [2.45, 2.75) is 95.9 Å². The fraction of sp³-hybridized carbons (Fsp3) is 0.706. The van der Waals surface area contributed by atoms with E-state index in [9.17, 15) is 57.8 Å². The highest BCUT2D eigenvalue weighted by atomic mass is 31.3. The summed E-state index contributed by atoms with van der Waals surface area (Å²) in [6.45, 7) is 2.67. The minimum atomic E-state index is -5.91. The summed E-state index contributed by atoms with van der Waals surface area (Å²) in [5.41, 5.74) is -6.00. The molecule has 0 aromatic heterocycles. The fourth-order valence-corrected chi connectivity index (χ4v) is 13.1. The fourth-order valence-electron chi connectivity index (χ4n) is 9.67. The Morgan fingerprint density at radius 2 is 1.62 bits per heavy atom. The summed E-state index contributed by atoms with van der Waals surface area (Å²) in [5, 5.41) is 25.9. The van der Waals surface area contributed by atoms with Gasteiger partial charge in [-0.2, -0.15) is 8.62 Å². The predicted octanol–water partition coefficient (Wildman–Crippen LogP) is 3.69. The van der Waals surface area contributed by atoms with Crippen molar-refractivity contribution in [3.8, 4) is 0 Å². The largest absolute Gasteiger partial charge is 0.490 e. The number of alkyl halides is 1. The molecule has 314 valence electrons. The lowest BCUT2D eigenvalue weighted by atomic mass is 9.44. The third-order valence-electron chi connectivity index (χ3n) is 12.3. The maximum Gasteiger partial charge on any atom is 0.490 e. The van der Waals surface area contributed by atoms with Gasteiger partial charge in [-0.3, -0.25) is 33.1 Å². The van der Waals surface area contributed by atoms with E-state index in [2.05, 4.69) is 23.0 Å². The van der Waals surface area contributed by atoms with Gasteiger partial charge in [-0.1, -0.05) is 44.1 Å². The van der Waals surface area contributed by atoms with E-state index in [-0.39, 0.29) is 32.4 Å². The molecule has 0 aromatic carbocycles. The van der Waals surface area contributed by atoms with Gasteiger partial charge in [0.05, 0.1) is 12.7 Å². The Balaban J connectivity index is 1.08. The monoisotopic (exact) mass is 854 g/mol. The number of Topliss-reactive ketones (excluding diaryl/α,β-unsaturated/α-hetero) is 1. The summed E-state index contributed by atoms with van der Waals surface area (Å²) >= 11 is 0. The van der Waals surface area contributed by atoms with Crippen molar-refractivity contribution in [2.24, 2.45) is 28.6 Å². The van der Waals surface area contributed by atoms with Crippen LogP contribution in [0.2, 0.25) is 0 Å². The molecule has 4 aliphatic carbocycles. The quantitative estimate of drug-likeness (QED) is 0.0497. The van der Waals surface area contributed by atoms with Crippen LogP contribution in [0.5, 0.6) is 0 Å². The number of phosphoric ester groups is 2. The third kappa shape index (κ3) is 8.57. The number of hydrogen-bond acceptors (Lipinski definition) is 13.